The molecule has 0 N–H and O–H groups in total. The van der Waals surface area contributed by atoms with E-state index >= 15 is 0 Å². The maximum atomic E-state index is 12.5. The molecular weight excluding hydrogens is 302 g/mol. The van der Waals surface area contributed by atoms with Gasteiger partial charge in [0.1, 0.15) is 6.61 Å². The second kappa shape index (κ2) is 8.67. The maximum Gasteiger partial charge on any atom is 0.416 e. The molecule has 0 aromatic heterocycles. The molecule has 4 heteroatoms. The minimum Gasteiger partial charge on any atom is -0.447 e. The third-order valence-electron chi connectivity index (χ3n) is 4.21. The van der Waals surface area contributed by atoms with Gasteiger partial charge in [0.15, 0.2) is 0 Å². The van der Waals surface area contributed by atoms with Crippen molar-refractivity contribution in [2.45, 2.75) is 52.5 Å². The van der Waals surface area contributed by atoms with Crippen LogP contribution in [0.25, 0.3) is 0 Å². The van der Waals surface area contributed by atoms with Crippen LogP contribution in [0.3, 0.4) is 0 Å². The maximum absolute atomic E-state index is 12.5. The van der Waals surface area contributed by atoms with Gasteiger partial charge in [0, 0.05) is 6.42 Å². The Kier molecular flexibility index (Phi) is 6.59. The van der Waals surface area contributed by atoms with Gasteiger partial charge in [-0.05, 0) is 37.7 Å². The number of carbonyl (C=O) groups excluding carboxylic acids is 2. The van der Waals surface area contributed by atoms with Crippen LogP contribution in [0.5, 0.6) is 0 Å². The molecule has 2 amide bonds. The van der Waals surface area contributed by atoms with E-state index in [1.807, 2.05) is 37.3 Å². The summed E-state index contributed by atoms with van der Waals surface area (Å²) in [5.41, 5.74) is 2.11. The molecule has 1 aliphatic heterocycles. The zero-order chi connectivity index (χ0) is 17.5. The van der Waals surface area contributed by atoms with Crippen LogP contribution in [0.4, 0.5) is 4.79 Å². The zero-order valence-electron chi connectivity index (χ0n) is 14.8. The Balaban J connectivity index is 1.96. The number of carbonyl (C=O) groups is 2. The quantitative estimate of drug-likeness (QED) is 0.699. The minimum absolute atomic E-state index is 0.170. The van der Waals surface area contributed by atoms with Crippen molar-refractivity contribution in [2.75, 3.05) is 6.61 Å². The SMILES string of the molecule is CC(=CCCC(C)C)CC(=O)N1C(=O)OCC1Cc1ccccc1. The molecule has 1 aliphatic rings. The molecule has 0 saturated carbocycles. The molecule has 24 heavy (non-hydrogen) atoms. The lowest BCUT2D eigenvalue weighted by molar-refractivity contribution is -0.128. The van der Waals surface area contributed by atoms with Crippen molar-refractivity contribution < 1.29 is 14.3 Å². The van der Waals surface area contributed by atoms with Gasteiger partial charge < -0.3 is 4.74 Å². The average Bonchev–Trinajstić information content (AvgIpc) is 2.88. The smallest absolute Gasteiger partial charge is 0.416 e. The Morgan fingerprint density at radius 2 is 2.04 bits per heavy atom. The van der Waals surface area contributed by atoms with Gasteiger partial charge in [-0.15, -0.1) is 0 Å². The Bertz CT molecular complexity index is 592. The number of rotatable bonds is 7. The molecule has 1 aromatic rings. The predicted octanol–water partition coefficient (Wildman–Crippen LogP) is 4.35. The average molecular weight is 329 g/mol. The fourth-order valence-corrected chi connectivity index (χ4v) is 2.86. The molecular formula is C20H27NO3. The van der Waals surface area contributed by atoms with Crippen LogP contribution in [0, 0.1) is 5.92 Å². The Morgan fingerprint density at radius 3 is 2.71 bits per heavy atom. The topological polar surface area (TPSA) is 46.6 Å². The number of hydrogen-bond acceptors (Lipinski definition) is 3. The van der Waals surface area contributed by atoms with Gasteiger partial charge in [0.25, 0.3) is 0 Å². The summed E-state index contributed by atoms with van der Waals surface area (Å²) in [4.78, 5) is 25.8. The Hall–Kier alpha value is -2.10. The van der Waals surface area contributed by atoms with Crippen LogP contribution in [0.1, 0.15) is 45.6 Å². The van der Waals surface area contributed by atoms with Gasteiger partial charge in [0.2, 0.25) is 5.91 Å². The second-order valence-electron chi connectivity index (χ2n) is 6.88. The van der Waals surface area contributed by atoms with Gasteiger partial charge >= 0.3 is 6.09 Å². The van der Waals surface area contributed by atoms with E-state index in [0.717, 1.165) is 24.0 Å². The normalized spacial score (nSPS) is 18.2. The number of nitrogens with zero attached hydrogens (tertiary/aromatic N) is 1. The van der Waals surface area contributed by atoms with E-state index in [2.05, 4.69) is 19.9 Å². The highest BCUT2D eigenvalue weighted by atomic mass is 16.6. The van der Waals surface area contributed by atoms with Crippen molar-refractivity contribution >= 4 is 12.0 Å². The molecule has 130 valence electrons. The van der Waals surface area contributed by atoms with Crippen LogP contribution in [0.2, 0.25) is 0 Å². The van der Waals surface area contributed by atoms with Gasteiger partial charge in [-0.3, -0.25) is 4.79 Å². The van der Waals surface area contributed by atoms with E-state index in [1.165, 1.54) is 4.90 Å². The molecule has 1 fully saturated rings. The second-order valence-corrected chi connectivity index (χ2v) is 6.88. The van der Waals surface area contributed by atoms with E-state index in [-0.39, 0.29) is 25.0 Å². The molecule has 1 saturated heterocycles. The summed E-state index contributed by atoms with van der Waals surface area (Å²) < 4.78 is 5.11. The monoisotopic (exact) mass is 329 g/mol. The van der Waals surface area contributed by atoms with E-state index in [0.29, 0.717) is 12.3 Å². The van der Waals surface area contributed by atoms with Crippen molar-refractivity contribution in [3.8, 4) is 0 Å². The first-order valence-electron chi connectivity index (χ1n) is 8.65. The lowest BCUT2D eigenvalue weighted by atomic mass is 10.0. The number of amides is 2. The van der Waals surface area contributed by atoms with Crippen LogP contribution in [-0.2, 0) is 16.0 Å². The minimum atomic E-state index is -0.518. The molecule has 0 spiro atoms. The van der Waals surface area contributed by atoms with Gasteiger partial charge in [0.05, 0.1) is 6.04 Å². The summed E-state index contributed by atoms with van der Waals surface area (Å²) in [5, 5.41) is 0. The van der Waals surface area contributed by atoms with Crippen LogP contribution < -0.4 is 0 Å². The highest BCUT2D eigenvalue weighted by Gasteiger charge is 2.37. The first-order valence-corrected chi connectivity index (χ1v) is 8.65. The summed E-state index contributed by atoms with van der Waals surface area (Å²) in [5.74, 6) is 0.477. The van der Waals surface area contributed by atoms with Crippen LogP contribution in [0.15, 0.2) is 42.0 Å². The molecule has 2 rings (SSSR count). The number of benzene rings is 1. The van der Waals surface area contributed by atoms with E-state index in [9.17, 15) is 9.59 Å². The molecule has 1 atom stereocenters. The number of cyclic esters (lactones) is 1. The van der Waals surface area contributed by atoms with Crippen molar-refractivity contribution in [3.63, 3.8) is 0 Å². The van der Waals surface area contributed by atoms with E-state index < -0.39 is 6.09 Å². The zero-order valence-corrected chi connectivity index (χ0v) is 14.8. The summed E-state index contributed by atoms with van der Waals surface area (Å²) in [6.07, 6.45) is 4.57. The standard InChI is InChI=1S/C20H27NO3/c1-15(2)8-7-9-16(3)12-19(22)21-18(14-24-20(21)23)13-17-10-5-4-6-11-17/h4-6,9-11,15,18H,7-8,12-14H2,1-3H3. The molecule has 1 aromatic carbocycles. The third-order valence-corrected chi connectivity index (χ3v) is 4.21. The molecule has 0 aliphatic carbocycles. The summed E-state index contributed by atoms with van der Waals surface area (Å²) in [6, 6.07) is 9.66. The highest BCUT2D eigenvalue weighted by Crippen LogP contribution is 2.20. The predicted molar refractivity (Wildman–Crippen MR) is 94.6 cm³/mol. The number of hydrogen-bond donors (Lipinski definition) is 0. The molecule has 0 bridgehead atoms. The Morgan fingerprint density at radius 1 is 1.33 bits per heavy atom. The lowest BCUT2D eigenvalue weighted by Crippen LogP contribution is -2.40. The number of allylic oxidation sites excluding steroid dienone is 1. The Labute approximate surface area is 144 Å². The summed E-state index contributed by atoms with van der Waals surface area (Å²) in [6.45, 7) is 6.59. The molecule has 1 heterocycles. The molecule has 0 radical (unpaired) electrons. The number of imide groups is 1. The lowest BCUT2D eigenvalue weighted by Gasteiger charge is -2.20. The van der Waals surface area contributed by atoms with Crippen LogP contribution in [-0.4, -0.2) is 29.5 Å². The number of ether oxygens (including phenoxy) is 1. The fourth-order valence-electron chi connectivity index (χ4n) is 2.86. The van der Waals surface area contributed by atoms with E-state index in [1.54, 1.807) is 0 Å². The third kappa shape index (κ3) is 5.22. The molecule has 1 unspecified atom stereocenters. The first-order chi connectivity index (χ1) is 11.5. The molecule has 4 nitrogen and oxygen atoms in total. The summed E-state index contributed by atoms with van der Waals surface area (Å²) in [7, 11) is 0. The largest absolute Gasteiger partial charge is 0.447 e. The van der Waals surface area contributed by atoms with Crippen LogP contribution >= 0.6 is 0 Å². The van der Waals surface area contributed by atoms with Crippen molar-refractivity contribution in [1.82, 2.24) is 4.90 Å². The van der Waals surface area contributed by atoms with Gasteiger partial charge in [-0.2, -0.15) is 0 Å². The van der Waals surface area contributed by atoms with Crippen molar-refractivity contribution in [2.24, 2.45) is 5.92 Å². The fraction of sp³-hybridized carbons (Fsp3) is 0.500. The van der Waals surface area contributed by atoms with Gasteiger partial charge in [-0.1, -0.05) is 55.8 Å². The highest BCUT2D eigenvalue weighted by molar-refractivity contribution is 5.94. The first kappa shape index (κ1) is 18.2. The van der Waals surface area contributed by atoms with Crippen molar-refractivity contribution in [3.05, 3.63) is 47.5 Å². The van der Waals surface area contributed by atoms with Crippen molar-refractivity contribution in [1.29, 1.82) is 0 Å². The summed E-state index contributed by atoms with van der Waals surface area (Å²) >= 11 is 0. The van der Waals surface area contributed by atoms with Gasteiger partial charge in [-0.25, -0.2) is 9.69 Å². The van der Waals surface area contributed by atoms with E-state index in [4.69, 9.17) is 4.74 Å².